The van der Waals surface area contributed by atoms with Crippen LogP contribution in [0.1, 0.15) is 16.7 Å². The van der Waals surface area contributed by atoms with E-state index in [1.54, 1.807) is 7.11 Å². The monoisotopic (exact) mass is 403 g/mol. The van der Waals surface area contributed by atoms with Crippen molar-refractivity contribution in [1.29, 1.82) is 0 Å². The molecule has 0 saturated heterocycles. The average molecular weight is 404 g/mol. The molecule has 0 fully saturated rings. The summed E-state index contributed by atoms with van der Waals surface area (Å²) in [6.45, 7) is 2.07. The molecule has 27 heavy (non-hydrogen) atoms. The SMILES string of the molecule is COc1cc(CNCc2ccccc2)ccc1OCc1ccc(Cl)cc1.Cl. The zero-order valence-electron chi connectivity index (χ0n) is 15.2. The summed E-state index contributed by atoms with van der Waals surface area (Å²) in [6, 6.07) is 24.0. The van der Waals surface area contributed by atoms with Crippen LogP contribution in [0.3, 0.4) is 0 Å². The van der Waals surface area contributed by atoms with Crippen molar-refractivity contribution in [2.75, 3.05) is 7.11 Å². The van der Waals surface area contributed by atoms with E-state index in [2.05, 4.69) is 23.5 Å². The molecule has 0 saturated carbocycles. The summed E-state index contributed by atoms with van der Waals surface area (Å²) in [5.74, 6) is 1.47. The van der Waals surface area contributed by atoms with Crippen molar-refractivity contribution in [3.63, 3.8) is 0 Å². The van der Waals surface area contributed by atoms with Crippen LogP contribution in [0.5, 0.6) is 11.5 Å². The van der Waals surface area contributed by atoms with Crippen LogP contribution in [0.25, 0.3) is 0 Å². The lowest BCUT2D eigenvalue weighted by molar-refractivity contribution is 0.284. The van der Waals surface area contributed by atoms with E-state index in [1.807, 2.05) is 54.6 Å². The van der Waals surface area contributed by atoms with Crippen molar-refractivity contribution >= 4 is 24.0 Å². The molecule has 0 spiro atoms. The number of methoxy groups -OCH3 is 1. The van der Waals surface area contributed by atoms with Gasteiger partial charge in [0.1, 0.15) is 6.61 Å². The minimum absolute atomic E-state index is 0. The average Bonchev–Trinajstić information content (AvgIpc) is 2.69. The van der Waals surface area contributed by atoms with Gasteiger partial charge in [0.2, 0.25) is 0 Å². The number of nitrogens with one attached hydrogen (secondary N) is 1. The van der Waals surface area contributed by atoms with Crippen LogP contribution < -0.4 is 14.8 Å². The van der Waals surface area contributed by atoms with E-state index in [0.29, 0.717) is 6.61 Å². The molecule has 3 aromatic carbocycles. The zero-order chi connectivity index (χ0) is 18.2. The zero-order valence-corrected chi connectivity index (χ0v) is 16.7. The summed E-state index contributed by atoms with van der Waals surface area (Å²) in [4.78, 5) is 0. The highest BCUT2D eigenvalue weighted by atomic mass is 35.5. The molecule has 0 bridgehead atoms. The van der Waals surface area contributed by atoms with Gasteiger partial charge in [-0.05, 0) is 41.0 Å². The Morgan fingerprint density at radius 2 is 1.44 bits per heavy atom. The molecule has 0 atom stereocenters. The summed E-state index contributed by atoms with van der Waals surface area (Å²) in [5, 5.41) is 4.16. The first kappa shape index (κ1) is 21.1. The van der Waals surface area contributed by atoms with Crippen molar-refractivity contribution in [2.45, 2.75) is 19.7 Å². The quantitative estimate of drug-likeness (QED) is 0.527. The van der Waals surface area contributed by atoms with Crippen LogP contribution in [-0.4, -0.2) is 7.11 Å². The van der Waals surface area contributed by atoms with Gasteiger partial charge in [-0.15, -0.1) is 12.4 Å². The molecule has 3 aromatic rings. The number of benzene rings is 3. The molecular formula is C22H23Cl2NO2. The van der Waals surface area contributed by atoms with E-state index >= 15 is 0 Å². The second-order valence-electron chi connectivity index (χ2n) is 5.99. The lowest BCUT2D eigenvalue weighted by Gasteiger charge is -2.13. The smallest absolute Gasteiger partial charge is 0.161 e. The largest absolute Gasteiger partial charge is 0.493 e. The molecule has 0 aromatic heterocycles. The van der Waals surface area contributed by atoms with Crippen LogP contribution in [0.15, 0.2) is 72.8 Å². The van der Waals surface area contributed by atoms with Crippen molar-refractivity contribution < 1.29 is 9.47 Å². The second-order valence-corrected chi connectivity index (χ2v) is 6.43. The third-order valence-corrected chi connectivity index (χ3v) is 4.29. The Kier molecular flexibility index (Phi) is 8.46. The Balaban J connectivity index is 0.00000261. The predicted octanol–water partition coefficient (Wildman–Crippen LogP) is 5.64. The van der Waals surface area contributed by atoms with Gasteiger partial charge in [0.05, 0.1) is 7.11 Å². The molecule has 0 amide bonds. The Morgan fingerprint density at radius 3 is 2.15 bits per heavy atom. The van der Waals surface area contributed by atoms with E-state index in [1.165, 1.54) is 5.56 Å². The topological polar surface area (TPSA) is 30.5 Å². The molecule has 0 heterocycles. The molecule has 3 nitrogen and oxygen atoms in total. The molecule has 0 aliphatic carbocycles. The lowest BCUT2D eigenvalue weighted by atomic mass is 10.2. The maximum Gasteiger partial charge on any atom is 0.161 e. The summed E-state index contributed by atoms with van der Waals surface area (Å²) in [7, 11) is 1.66. The Bertz CT molecular complexity index is 823. The number of hydrogen-bond donors (Lipinski definition) is 1. The summed E-state index contributed by atoms with van der Waals surface area (Å²) < 4.78 is 11.4. The third kappa shape index (κ3) is 6.47. The minimum atomic E-state index is 0. The van der Waals surface area contributed by atoms with Gasteiger partial charge in [-0.25, -0.2) is 0 Å². The summed E-state index contributed by atoms with van der Waals surface area (Å²) >= 11 is 5.91. The van der Waals surface area contributed by atoms with Crippen LogP contribution in [0.4, 0.5) is 0 Å². The maximum absolute atomic E-state index is 5.91. The lowest BCUT2D eigenvalue weighted by Crippen LogP contribution is -2.12. The first-order valence-electron chi connectivity index (χ1n) is 8.53. The van der Waals surface area contributed by atoms with Crippen LogP contribution >= 0.6 is 24.0 Å². The summed E-state index contributed by atoms with van der Waals surface area (Å²) in [6.07, 6.45) is 0. The predicted molar refractivity (Wildman–Crippen MR) is 113 cm³/mol. The van der Waals surface area contributed by atoms with E-state index in [0.717, 1.165) is 40.7 Å². The Labute approximate surface area is 171 Å². The van der Waals surface area contributed by atoms with E-state index in [9.17, 15) is 0 Å². The van der Waals surface area contributed by atoms with Gasteiger partial charge < -0.3 is 14.8 Å². The van der Waals surface area contributed by atoms with Crippen LogP contribution in [0, 0.1) is 0 Å². The number of hydrogen-bond acceptors (Lipinski definition) is 3. The van der Waals surface area contributed by atoms with Gasteiger partial charge in [-0.1, -0.05) is 60.1 Å². The molecule has 0 aliphatic heterocycles. The summed E-state index contributed by atoms with van der Waals surface area (Å²) in [5.41, 5.74) is 3.48. The fourth-order valence-electron chi connectivity index (χ4n) is 2.63. The third-order valence-electron chi connectivity index (χ3n) is 4.04. The number of ether oxygens (including phenoxy) is 2. The Hall–Kier alpha value is -2.20. The first-order valence-corrected chi connectivity index (χ1v) is 8.91. The van der Waals surface area contributed by atoms with E-state index in [-0.39, 0.29) is 12.4 Å². The minimum Gasteiger partial charge on any atom is -0.493 e. The van der Waals surface area contributed by atoms with Crippen molar-refractivity contribution in [2.24, 2.45) is 0 Å². The highest BCUT2D eigenvalue weighted by Gasteiger charge is 2.06. The highest BCUT2D eigenvalue weighted by molar-refractivity contribution is 6.30. The number of rotatable bonds is 8. The van der Waals surface area contributed by atoms with E-state index < -0.39 is 0 Å². The standard InChI is InChI=1S/C22H22ClNO2.ClH/c1-25-22-13-19(15-24-14-17-5-3-2-4-6-17)9-12-21(22)26-16-18-7-10-20(23)11-8-18;/h2-13,24H,14-16H2,1H3;1H. The molecule has 142 valence electrons. The molecule has 1 N–H and O–H groups in total. The molecule has 3 rings (SSSR count). The molecule has 0 aliphatic rings. The van der Waals surface area contributed by atoms with Crippen molar-refractivity contribution in [3.05, 3.63) is 94.5 Å². The van der Waals surface area contributed by atoms with Crippen LogP contribution in [0.2, 0.25) is 5.02 Å². The second kappa shape index (κ2) is 10.8. The van der Waals surface area contributed by atoms with Gasteiger partial charge >= 0.3 is 0 Å². The fourth-order valence-corrected chi connectivity index (χ4v) is 2.76. The van der Waals surface area contributed by atoms with Gasteiger partial charge in [-0.2, -0.15) is 0 Å². The van der Waals surface area contributed by atoms with Gasteiger partial charge in [0.25, 0.3) is 0 Å². The van der Waals surface area contributed by atoms with Crippen molar-refractivity contribution in [1.82, 2.24) is 5.32 Å². The van der Waals surface area contributed by atoms with Crippen molar-refractivity contribution in [3.8, 4) is 11.5 Å². The molecule has 0 radical (unpaired) electrons. The fraction of sp³-hybridized carbons (Fsp3) is 0.182. The van der Waals surface area contributed by atoms with E-state index in [4.69, 9.17) is 21.1 Å². The normalized spacial score (nSPS) is 10.1. The molecule has 5 heteroatoms. The maximum atomic E-state index is 5.91. The number of halogens is 2. The van der Waals surface area contributed by atoms with Gasteiger partial charge in [0.15, 0.2) is 11.5 Å². The Morgan fingerprint density at radius 1 is 0.778 bits per heavy atom. The highest BCUT2D eigenvalue weighted by Crippen LogP contribution is 2.29. The first-order chi connectivity index (χ1) is 12.7. The van der Waals surface area contributed by atoms with Gasteiger partial charge in [-0.3, -0.25) is 0 Å². The molecular weight excluding hydrogens is 381 g/mol. The van der Waals surface area contributed by atoms with Gasteiger partial charge in [0, 0.05) is 18.1 Å². The van der Waals surface area contributed by atoms with Crippen LogP contribution in [-0.2, 0) is 19.7 Å². The molecule has 0 unspecified atom stereocenters.